The van der Waals surface area contributed by atoms with E-state index in [0.717, 1.165) is 22.3 Å². The van der Waals surface area contributed by atoms with Gasteiger partial charge in [0.05, 0.1) is 16.7 Å². The number of hydrogen-bond donors (Lipinski definition) is 0. The Morgan fingerprint density at radius 2 is 1.24 bits per heavy atom. The summed E-state index contributed by atoms with van der Waals surface area (Å²) >= 11 is 1.85. The summed E-state index contributed by atoms with van der Waals surface area (Å²) in [6.45, 7) is 0. The molecule has 0 spiro atoms. The summed E-state index contributed by atoms with van der Waals surface area (Å²) in [5, 5.41) is 7.47. The van der Waals surface area contributed by atoms with Crippen molar-refractivity contribution >= 4 is 64.1 Å². The van der Waals surface area contributed by atoms with Crippen LogP contribution in [0.2, 0.25) is 0 Å². The van der Waals surface area contributed by atoms with Gasteiger partial charge in [-0.05, 0) is 52.2 Å². The lowest BCUT2D eigenvalue weighted by molar-refractivity contribution is 0.995. The van der Waals surface area contributed by atoms with E-state index in [1.54, 1.807) is 0 Å². The van der Waals surface area contributed by atoms with Crippen LogP contribution in [0.15, 0.2) is 140 Å². The van der Waals surface area contributed by atoms with E-state index in [9.17, 15) is 0 Å². The van der Waals surface area contributed by atoms with Gasteiger partial charge in [0.15, 0.2) is 0 Å². The van der Waals surface area contributed by atoms with Gasteiger partial charge in [0.1, 0.15) is 0 Å². The van der Waals surface area contributed by atoms with E-state index < -0.39 is 0 Å². The van der Waals surface area contributed by atoms with Gasteiger partial charge in [-0.1, -0.05) is 103 Å². The van der Waals surface area contributed by atoms with Crippen molar-refractivity contribution < 1.29 is 0 Å². The van der Waals surface area contributed by atoms with E-state index in [2.05, 4.69) is 126 Å². The number of para-hydroxylation sites is 1. The maximum atomic E-state index is 5.16. The van der Waals surface area contributed by atoms with E-state index >= 15 is 0 Å². The zero-order chi connectivity index (χ0) is 27.6. The van der Waals surface area contributed by atoms with Crippen molar-refractivity contribution in [1.82, 2.24) is 14.5 Å². The molecule has 0 aliphatic carbocycles. The fourth-order valence-corrected chi connectivity index (χ4v) is 7.43. The molecule has 0 radical (unpaired) electrons. The van der Waals surface area contributed by atoms with Gasteiger partial charge < -0.3 is 0 Å². The summed E-state index contributed by atoms with van der Waals surface area (Å²) in [5.41, 5.74) is 6.63. The number of hydrogen-bond acceptors (Lipinski definition) is 3. The monoisotopic (exact) mass is 553 g/mol. The molecule has 3 nitrogen and oxygen atoms in total. The van der Waals surface area contributed by atoms with Crippen LogP contribution in [0.25, 0.3) is 81.1 Å². The predicted molar refractivity (Wildman–Crippen MR) is 178 cm³/mol. The molecule has 0 aliphatic rings. The average molecular weight is 554 g/mol. The summed E-state index contributed by atoms with van der Waals surface area (Å²) < 4.78 is 4.82. The molecule has 0 fully saturated rings. The Kier molecular flexibility index (Phi) is 5.07. The molecule has 0 N–H and O–H groups in total. The molecule has 3 heterocycles. The number of rotatable bonds is 3. The third kappa shape index (κ3) is 3.52. The molecule has 0 saturated carbocycles. The quantitative estimate of drug-likeness (QED) is 0.218. The lowest BCUT2D eigenvalue weighted by Crippen LogP contribution is -2.02. The summed E-state index contributed by atoms with van der Waals surface area (Å²) in [6, 6.07) is 47.5. The van der Waals surface area contributed by atoms with Gasteiger partial charge in [0.25, 0.3) is 0 Å². The van der Waals surface area contributed by atoms with Crippen LogP contribution in [-0.2, 0) is 0 Å². The van der Waals surface area contributed by atoms with Crippen molar-refractivity contribution in [2.45, 2.75) is 0 Å². The molecule has 9 aromatic rings. The van der Waals surface area contributed by atoms with Crippen LogP contribution in [0.4, 0.5) is 0 Å². The fraction of sp³-hybridized carbons (Fsp3) is 0. The molecule has 6 aromatic carbocycles. The highest BCUT2D eigenvalue weighted by Gasteiger charge is 2.20. The van der Waals surface area contributed by atoms with Crippen LogP contribution >= 0.6 is 11.3 Å². The molecule has 9 rings (SSSR count). The van der Waals surface area contributed by atoms with E-state index in [-0.39, 0.29) is 0 Å². The third-order valence-electron chi connectivity index (χ3n) is 8.27. The zero-order valence-electron chi connectivity index (χ0n) is 22.5. The molecule has 0 amide bonds. The van der Waals surface area contributed by atoms with E-state index in [0.29, 0.717) is 5.95 Å². The molecule has 196 valence electrons. The van der Waals surface area contributed by atoms with Crippen LogP contribution < -0.4 is 0 Å². The second-order valence-corrected chi connectivity index (χ2v) is 11.8. The average Bonchev–Trinajstić information content (AvgIpc) is 3.59. The van der Waals surface area contributed by atoms with Gasteiger partial charge in [0.2, 0.25) is 5.95 Å². The van der Waals surface area contributed by atoms with Crippen LogP contribution in [-0.4, -0.2) is 14.5 Å². The minimum atomic E-state index is 0.679. The SMILES string of the molecule is c1ccc(-c2ccc(-c3ccnc(-n4c5ccccc5c5ccc6sc7cc8ccccc8cc7c6c54)n3)cc2)cc1. The second kappa shape index (κ2) is 9.10. The van der Waals surface area contributed by atoms with Crippen LogP contribution in [0.5, 0.6) is 0 Å². The first-order chi connectivity index (χ1) is 20.8. The Morgan fingerprint density at radius 3 is 2.10 bits per heavy atom. The Hall–Kier alpha value is -5.32. The first-order valence-corrected chi connectivity index (χ1v) is 14.9. The first-order valence-electron chi connectivity index (χ1n) is 14.1. The smallest absolute Gasteiger partial charge is 0.235 e. The predicted octanol–water partition coefficient (Wildman–Crippen LogP) is 10.4. The highest BCUT2D eigenvalue weighted by atomic mass is 32.1. The summed E-state index contributed by atoms with van der Waals surface area (Å²) in [5.74, 6) is 0.679. The number of nitrogens with zero attached hydrogens (tertiary/aromatic N) is 3. The Morgan fingerprint density at radius 1 is 0.524 bits per heavy atom. The molecule has 0 unspecified atom stereocenters. The second-order valence-electron chi connectivity index (χ2n) is 10.7. The number of fused-ring (bicyclic) bond motifs is 8. The van der Waals surface area contributed by atoms with Crippen molar-refractivity contribution in [2.75, 3.05) is 0 Å². The highest BCUT2D eigenvalue weighted by molar-refractivity contribution is 7.26. The standard InChI is InChI=1S/C38H23N3S/c1-2-8-24(9-3-1)25-14-16-26(17-15-25)32-20-21-39-38(40-32)41-33-13-7-6-12-29(33)30-18-19-34-36(37(30)41)31-22-27-10-4-5-11-28(27)23-35(31)42-34/h1-23H. The minimum Gasteiger partial charge on any atom is -0.277 e. The molecule has 4 heteroatoms. The van der Waals surface area contributed by atoms with Crippen molar-refractivity contribution in [3.05, 3.63) is 140 Å². The van der Waals surface area contributed by atoms with E-state index in [1.807, 2.05) is 29.7 Å². The topological polar surface area (TPSA) is 30.7 Å². The van der Waals surface area contributed by atoms with Gasteiger partial charge >= 0.3 is 0 Å². The summed E-state index contributed by atoms with van der Waals surface area (Å²) in [4.78, 5) is 10.0. The summed E-state index contributed by atoms with van der Waals surface area (Å²) in [6.07, 6.45) is 1.88. The Bertz CT molecular complexity index is 2450. The molecule has 0 atom stereocenters. The van der Waals surface area contributed by atoms with Crippen molar-refractivity contribution in [2.24, 2.45) is 0 Å². The lowest BCUT2D eigenvalue weighted by atomic mass is 10.0. The van der Waals surface area contributed by atoms with Gasteiger partial charge in [-0.2, -0.15) is 0 Å². The lowest BCUT2D eigenvalue weighted by Gasteiger charge is -2.10. The first kappa shape index (κ1) is 23.4. The summed E-state index contributed by atoms with van der Waals surface area (Å²) in [7, 11) is 0. The van der Waals surface area contributed by atoms with Crippen LogP contribution in [0.1, 0.15) is 0 Å². The van der Waals surface area contributed by atoms with E-state index in [4.69, 9.17) is 9.97 Å². The third-order valence-corrected chi connectivity index (χ3v) is 9.38. The molecule has 3 aromatic heterocycles. The molecule has 0 aliphatic heterocycles. The van der Waals surface area contributed by atoms with Crippen molar-refractivity contribution in [3.63, 3.8) is 0 Å². The fourth-order valence-electron chi connectivity index (χ4n) is 6.29. The maximum absolute atomic E-state index is 5.16. The van der Waals surface area contributed by atoms with Gasteiger partial charge in [-0.25, -0.2) is 9.97 Å². The van der Waals surface area contributed by atoms with Gasteiger partial charge in [-0.3, -0.25) is 4.57 Å². The molecule has 0 saturated heterocycles. The number of thiophene rings is 1. The molecular weight excluding hydrogens is 531 g/mol. The number of benzene rings is 6. The molecule has 0 bridgehead atoms. The zero-order valence-corrected chi connectivity index (χ0v) is 23.3. The minimum absolute atomic E-state index is 0.679. The molecular formula is C38H23N3S. The largest absolute Gasteiger partial charge is 0.277 e. The number of aromatic nitrogens is 3. The highest BCUT2D eigenvalue weighted by Crippen LogP contribution is 2.43. The normalized spacial score (nSPS) is 11.8. The van der Waals surface area contributed by atoms with Crippen LogP contribution in [0.3, 0.4) is 0 Å². The van der Waals surface area contributed by atoms with Crippen LogP contribution in [0, 0.1) is 0 Å². The van der Waals surface area contributed by atoms with Crippen molar-refractivity contribution in [1.29, 1.82) is 0 Å². The molecule has 42 heavy (non-hydrogen) atoms. The Balaban J connectivity index is 1.30. The van der Waals surface area contributed by atoms with Gasteiger partial charge in [0, 0.05) is 42.7 Å². The van der Waals surface area contributed by atoms with Crippen molar-refractivity contribution in [3.8, 4) is 28.3 Å². The maximum Gasteiger partial charge on any atom is 0.235 e. The Labute approximate surface area is 246 Å². The van der Waals surface area contributed by atoms with E-state index in [1.165, 1.54) is 52.8 Å². The van der Waals surface area contributed by atoms with Gasteiger partial charge in [-0.15, -0.1) is 11.3 Å².